The van der Waals surface area contributed by atoms with E-state index in [1.54, 1.807) is 4.90 Å². The summed E-state index contributed by atoms with van der Waals surface area (Å²) < 4.78 is 0. The monoisotopic (exact) mass is 403 g/mol. The zero-order valence-electron chi connectivity index (χ0n) is 18.2. The third-order valence-corrected chi connectivity index (χ3v) is 6.34. The van der Waals surface area contributed by atoms with Crippen molar-refractivity contribution in [2.45, 2.75) is 53.4 Å². The summed E-state index contributed by atoms with van der Waals surface area (Å²) in [5, 5.41) is 3.06. The van der Waals surface area contributed by atoms with Crippen molar-refractivity contribution in [3.05, 3.63) is 52.6 Å². The number of anilines is 2. The zero-order valence-corrected chi connectivity index (χ0v) is 18.2. The molecule has 2 amide bonds. The van der Waals surface area contributed by atoms with Crippen molar-refractivity contribution in [3.8, 4) is 0 Å². The molecular formula is C25H29N3O2. The van der Waals surface area contributed by atoms with Crippen LogP contribution in [0, 0.1) is 26.7 Å². The summed E-state index contributed by atoms with van der Waals surface area (Å²) in [4.78, 5) is 33.0. The van der Waals surface area contributed by atoms with Crippen LogP contribution in [0.2, 0.25) is 0 Å². The number of hydrogen-bond donors (Lipinski definition) is 1. The van der Waals surface area contributed by atoms with Crippen molar-refractivity contribution in [1.29, 1.82) is 0 Å². The van der Waals surface area contributed by atoms with Crippen LogP contribution < -0.4 is 10.2 Å². The molecule has 1 aliphatic carbocycles. The standard InChI is InChI=1S/C25H29N3O2/c1-5-18-9-6-8-15(2)24(18)27-23(29)14-28-22-13-17(4)16(3)12-21(22)26-20-11-7-10-19(20)25(28)30/h6,8-9,12-13,19H,5,7,10-11,14H2,1-4H3,(H,27,29)/t19-/m0/s1. The number of benzene rings is 2. The Morgan fingerprint density at radius 1 is 1.17 bits per heavy atom. The van der Waals surface area contributed by atoms with Crippen LogP contribution in [0.5, 0.6) is 0 Å². The van der Waals surface area contributed by atoms with Gasteiger partial charge in [0.15, 0.2) is 0 Å². The lowest BCUT2D eigenvalue weighted by atomic mass is 10.0. The van der Waals surface area contributed by atoms with Gasteiger partial charge < -0.3 is 10.2 Å². The molecule has 0 spiro atoms. The van der Waals surface area contributed by atoms with Gasteiger partial charge in [-0.3, -0.25) is 14.6 Å². The summed E-state index contributed by atoms with van der Waals surface area (Å²) in [7, 11) is 0. The van der Waals surface area contributed by atoms with Crippen LogP contribution >= 0.6 is 0 Å². The highest BCUT2D eigenvalue weighted by Gasteiger charge is 2.37. The number of hydrogen-bond acceptors (Lipinski definition) is 3. The van der Waals surface area contributed by atoms with Crippen LogP contribution in [0.4, 0.5) is 17.1 Å². The molecule has 2 aromatic rings. The predicted octanol–water partition coefficient (Wildman–Crippen LogP) is 5.03. The Morgan fingerprint density at radius 2 is 1.93 bits per heavy atom. The van der Waals surface area contributed by atoms with E-state index in [0.29, 0.717) is 0 Å². The van der Waals surface area contributed by atoms with E-state index < -0.39 is 0 Å². The van der Waals surface area contributed by atoms with Crippen molar-refractivity contribution in [2.24, 2.45) is 10.9 Å². The minimum atomic E-state index is -0.213. The molecule has 0 saturated heterocycles. The van der Waals surface area contributed by atoms with Gasteiger partial charge in [-0.2, -0.15) is 0 Å². The van der Waals surface area contributed by atoms with Gasteiger partial charge in [-0.1, -0.05) is 25.1 Å². The average Bonchev–Trinajstić information content (AvgIpc) is 3.14. The van der Waals surface area contributed by atoms with E-state index in [2.05, 4.69) is 19.2 Å². The summed E-state index contributed by atoms with van der Waals surface area (Å²) in [6.45, 7) is 8.13. The van der Waals surface area contributed by atoms with Crippen LogP contribution in [0.25, 0.3) is 0 Å². The fourth-order valence-corrected chi connectivity index (χ4v) is 4.47. The molecule has 2 aliphatic rings. The molecule has 2 aromatic carbocycles. The number of para-hydroxylation sites is 1. The normalized spacial score (nSPS) is 17.9. The Morgan fingerprint density at radius 3 is 2.70 bits per heavy atom. The second-order valence-electron chi connectivity index (χ2n) is 8.41. The van der Waals surface area contributed by atoms with Crippen molar-refractivity contribution < 1.29 is 9.59 Å². The fourth-order valence-electron chi connectivity index (χ4n) is 4.47. The van der Waals surface area contributed by atoms with Gasteiger partial charge in [0.05, 0.1) is 17.3 Å². The average molecular weight is 404 g/mol. The first kappa shape index (κ1) is 20.3. The number of aryl methyl sites for hydroxylation is 4. The van der Waals surface area contributed by atoms with Crippen molar-refractivity contribution in [1.82, 2.24) is 0 Å². The fraction of sp³-hybridized carbons (Fsp3) is 0.400. The van der Waals surface area contributed by atoms with E-state index in [9.17, 15) is 9.59 Å². The number of aliphatic imine (C=N–C) groups is 1. The Kier molecular flexibility index (Phi) is 5.46. The Balaban J connectivity index is 1.68. The van der Waals surface area contributed by atoms with Crippen LogP contribution in [0.15, 0.2) is 35.3 Å². The van der Waals surface area contributed by atoms with E-state index in [4.69, 9.17) is 4.99 Å². The second-order valence-corrected chi connectivity index (χ2v) is 8.41. The molecule has 0 bridgehead atoms. The van der Waals surface area contributed by atoms with Gasteiger partial charge in [-0.05, 0) is 80.8 Å². The van der Waals surface area contributed by atoms with Crippen LogP contribution in [0.1, 0.15) is 48.4 Å². The quantitative estimate of drug-likeness (QED) is 0.778. The number of amides is 2. The molecule has 1 atom stereocenters. The minimum Gasteiger partial charge on any atom is -0.324 e. The molecule has 5 heteroatoms. The van der Waals surface area contributed by atoms with Gasteiger partial charge in [0.1, 0.15) is 6.54 Å². The molecule has 30 heavy (non-hydrogen) atoms. The van der Waals surface area contributed by atoms with Gasteiger partial charge in [-0.15, -0.1) is 0 Å². The number of carbonyl (C=O) groups excluding carboxylic acids is 2. The predicted molar refractivity (Wildman–Crippen MR) is 122 cm³/mol. The number of fused-ring (bicyclic) bond motifs is 2. The topological polar surface area (TPSA) is 61.8 Å². The number of rotatable bonds is 4. The van der Waals surface area contributed by atoms with Crippen molar-refractivity contribution in [2.75, 3.05) is 16.8 Å². The third-order valence-electron chi connectivity index (χ3n) is 6.34. The molecule has 156 valence electrons. The van der Waals surface area contributed by atoms with Crippen molar-refractivity contribution >= 4 is 34.6 Å². The second kappa shape index (κ2) is 8.05. The summed E-state index contributed by atoms with van der Waals surface area (Å²) in [5.41, 5.74) is 7.69. The molecule has 0 radical (unpaired) electrons. The van der Waals surface area contributed by atoms with Crippen LogP contribution in [-0.4, -0.2) is 24.1 Å². The largest absolute Gasteiger partial charge is 0.324 e. The summed E-state index contributed by atoms with van der Waals surface area (Å²) in [6, 6.07) is 10.0. The first-order valence-corrected chi connectivity index (χ1v) is 10.8. The summed E-state index contributed by atoms with van der Waals surface area (Å²) >= 11 is 0. The molecule has 1 saturated carbocycles. The highest BCUT2D eigenvalue weighted by atomic mass is 16.2. The lowest BCUT2D eigenvalue weighted by Crippen LogP contribution is -2.42. The molecule has 0 unspecified atom stereocenters. The highest BCUT2D eigenvalue weighted by molar-refractivity contribution is 6.17. The summed E-state index contributed by atoms with van der Waals surface area (Å²) in [6.07, 6.45) is 3.46. The molecule has 5 nitrogen and oxygen atoms in total. The van der Waals surface area contributed by atoms with Gasteiger partial charge >= 0.3 is 0 Å². The minimum absolute atomic E-state index is 0.00881. The number of carbonyl (C=O) groups is 2. The molecule has 1 aliphatic heterocycles. The van der Waals surface area contributed by atoms with E-state index in [0.717, 1.165) is 70.7 Å². The SMILES string of the molecule is CCc1cccc(C)c1NC(=O)CN1C(=O)[C@H]2CCCC2=Nc2cc(C)c(C)cc21. The lowest BCUT2D eigenvalue weighted by Gasteiger charge is -2.25. The van der Waals surface area contributed by atoms with Crippen LogP contribution in [-0.2, 0) is 16.0 Å². The Hall–Kier alpha value is -2.95. The highest BCUT2D eigenvalue weighted by Crippen LogP contribution is 2.39. The van der Waals surface area contributed by atoms with E-state index in [1.165, 1.54) is 0 Å². The van der Waals surface area contributed by atoms with Crippen molar-refractivity contribution in [3.63, 3.8) is 0 Å². The molecular weight excluding hydrogens is 374 g/mol. The summed E-state index contributed by atoms with van der Waals surface area (Å²) in [5.74, 6) is -0.405. The van der Waals surface area contributed by atoms with Gasteiger partial charge in [-0.25, -0.2) is 0 Å². The van der Waals surface area contributed by atoms with Gasteiger partial charge in [0.2, 0.25) is 11.8 Å². The third kappa shape index (κ3) is 3.64. The molecule has 1 fully saturated rings. The first-order chi connectivity index (χ1) is 14.4. The Bertz CT molecular complexity index is 1050. The number of nitrogens with one attached hydrogen (secondary N) is 1. The lowest BCUT2D eigenvalue weighted by molar-refractivity contribution is -0.123. The van der Waals surface area contributed by atoms with Gasteiger partial charge in [0.25, 0.3) is 0 Å². The molecule has 1 heterocycles. The van der Waals surface area contributed by atoms with Gasteiger partial charge in [0, 0.05) is 11.4 Å². The zero-order chi connectivity index (χ0) is 21.4. The first-order valence-electron chi connectivity index (χ1n) is 10.8. The molecule has 0 aromatic heterocycles. The van der Waals surface area contributed by atoms with Crippen LogP contribution in [0.3, 0.4) is 0 Å². The van der Waals surface area contributed by atoms with E-state index in [-0.39, 0.29) is 24.3 Å². The maximum absolute atomic E-state index is 13.4. The maximum atomic E-state index is 13.4. The van der Waals surface area contributed by atoms with E-state index in [1.807, 2.05) is 44.2 Å². The Labute approximate surface area is 178 Å². The smallest absolute Gasteiger partial charge is 0.244 e. The number of nitrogens with zero attached hydrogens (tertiary/aromatic N) is 2. The maximum Gasteiger partial charge on any atom is 0.244 e. The van der Waals surface area contributed by atoms with E-state index >= 15 is 0 Å². The molecule has 4 rings (SSSR count). The molecule has 1 N–H and O–H groups in total.